The lowest BCUT2D eigenvalue weighted by molar-refractivity contribution is 0.232. The first-order chi connectivity index (χ1) is 14.5. The Morgan fingerprint density at radius 3 is 2.63 bits per heavy atom. The fourth-order valence-corrected chi connectivity index (χ4v) is 2.39. The van der Waals surface area contributed by atoms with Gasteiger partial charge in [-0.05, 0) is 36.8 Å². The van der Waals surface area contributed by atoms with Gasteiger partial charge in [0.2, 0.25) is 0 Å². The number of halogens is 1. The van der Waals surface area contributed by atoms with Crippen LogP contribution in [0.25, 0.3) is 0 Å². The van der Waals surface area contributed by atoms with Crippen molar-refractivity contribution in [1.29, 1.82) is 5.26 Å². The number of urea groups is 2. The number of hydrogen-bond acceptors (Lipinski definition) is 6. The van der Waals surface area contributed by atoms with E-state index < -0.39 is 6.03 Å². The molecule has 5 N–H and O–H groups in total. The van der Waals surface area contributed by atoms with Gasteiger partial charge in [-0.1, -0.05) is 11.6 Å². The van der Waals surface area contributed by atoms with Crippen molar-refractivity contribution in [2.75, 3.05) is 36.9 Å². The van der Waals surface area contributed by atoms with E-state index in [1.165, 1.54) is 18.3 Å². The largest absolute Gasteiger partial charge is 0.491 e. The number of ether oxygens (including phenoxy) is 1. The van der Waals surface area contributed by atoms with Crippen LogP contribution in [0, 0.1) is 11.3 Å². The smallest absolute Gasteiger partial charge is 0.324 e. The van der Waals surface area contributed by atoms with Gasteiger partial charge in [-0.2, -0.15) is 5.26 Å². The van der Waals surface area contributed by atoms with Gasteiger partial charge in [-0.25, -0.2) is 14.6 Å². The molecule has 4 amide bonds. The minimum absolute atomic E-state index is 0.127. The minimum Gasteiger partial charge on any atom is -0.491 e. The number of carbonyl (C=O) groups is 2. The maximum atomic E-state index is 12.2. The molecule has 10 nitrogen and oxygen atoms in total. The van der Waals surface area contributed by atoms with Gasteiger partial charge in [-0.3, -0.25) is 5.32 Å². The second-order valence-corrected chi connectivity index (χ2v) is 6.31. The molecule has 0 aliphatic rings. The Hall–Kier alpha value is -3.55. The number of anilines is 2. The molecule has 1 aromatic carbocycles. The summed E-state index contributed by atoms with van der Waals surface area (Å²) < 4.78 is 5.67. The zero-order chi connectivity index (χ0) is 21.8. The molecule has 0 unspecified atom stereocenters. The molecule has 1 aromatic heterocycles. The van der Waals surface area contributed by atoms with Gasteiger partial charge in [0, 0.05) is 24.3 Å². The van der Waals surface area contributed by atoms with Crippen molar-refractivity contribution in [3.05, 3.63) is 47.1 Å². The van der Waals surface area contributed by atoms with Crippen LogP contribution in [0.5, 0.6) is 5.75 Å². The van der Waals surface area contributed by atoms with Crippen molar-refractivity contribution in [3.8, 4) is 11.8 Å². The van der Waals surface area contributed by atoms with E-state index in [1.54, 1.807) is 18.2 Å². The SMILES string of the molecule is N#Cc1ccc(NC(=O)Nc2cc(Cl)ccc2OCCCNC(=O)NCCO)nc1. The number of nitrogens with zero attached hydrogens (tertiary/aromatic N) is 2. The molecule has 2 rings (SSSR count). The van der Waals surface area contributed by atoms with E-state index in [4.69, 9.17) is 26.7 Å². The number of nitriles is 1. The molecule has 1 heterocycles. The molecule has 2 aromatic rings. The molecule has 0 aliphatic carbocycles. The predicted octanol–water partition coefficient (Wildman–Crippen LogP) is 2.31. The van der Waals surface area contributed by atoms with Crippen molar-refractivity contribution in [2.24, 2.45) is 0 Å². The van der Waals surface area contributed by atoms with Gasteiger partial charge in [0.1, 0.15) is 17.6 Å². The molecular formula is C19H21ClN6O4. The lowest BCUT2D eigenvalue weighted by Crippen LogP contribution is -2.37. The zero-order valence-electron chi connectivity index (χ0n) is 15.9. The Morgan fingerprint density at radius 2 is 1.93 bits per heavy atom. The summed E-state index contributed by atoms with van der Waals surface area (Å²) in [6, 6.07) is 8.87. The maximum Gasteiger partial charge on any atom is 0.324 e. The van der Waals surface area contributed by atoms with Gasteiger partial charge >= 0.3 is 12.1 Å². The Balaban J connectivity index is 1.85. The molecular weight excluding hydrogens is 412 g/mol. The van der Waals surface area contributed by atoms with Crippen LogP contribution < -0.4 is 26.0 Å². The van der Waals surface area contributed by atoms with Crippen LogP contribution >= 0.6 is 11.6 Å². The Kier molecular flexibility index (Phi) is 9.18. The monoisotopic (exact) mass is 432 g/mol. The lowest BCUT2D eigenvalue weighted by atomic mass is 10.3. The quantitative estimate of drug-likeness (QED) is 0.384. The topological polar surface area (TPSA) is 148 Å². The zero-order valence-corrected chi connectivity index (χ0v) is 16.7. The summed E-state index contributed by atoms with van der Waals surface area (Å²) in [5.41, 5.74) is 0.745. The van der Waals surface area contributed by atoms with E-state index in [-0.39, 0.29) is 31.6 Å². The van der Waals surface area contributed by atoms with E-state index in [0.717, 1.165) is 0 Å². The number of benzene rings is 1. The lowest BCUT2D eigenvalue weighted by Gasteiger charge is -2.14. The Bertz CT molecular complexity index is 901. The fraction of sp³-hybridized carbons (Fsp3) is 0.263. The average molecular weight is 433 g/mol. The van der Waals surface area contributed by atoms with Crippen LogP contribution in [-0.4, -0.2) is 48.5 Å². The second kappa shape index (κ2) is 12.1. The number of carbonyl (C=O) groups excluding carboxylic acids is 2. The van der Waals surface area contributed by atoms with E-state index in [9.17, 15) is 9.59 Å². The van der Waals surface area contributed by atoms with Gasteiger partial charge in [-0.15, -0.1) is 0 Å². The molecule has 0 aliphatic heterocycles. The molecule has 158 valence electrons. The third kappa shape index (κ3) is 7.83. The number of aliphatic hydroxyl groups excluding tert-OH is 1. The normalized spacial score (nSPS) is 9.90. The Morgan fingerprint density at radius 1 is 1.13 bits per heavy atom. The average Bonchev–Trinajstić information content (AvgIpc) is 2.73. The summed E-state index contributed by atoms with van der Waals surface area (Å²) in [6.45, 7) is 0.716. The summed E-state index contributed by atoms with van der Waals surface area (Å²) in [7, 11) is 0. The minimum atomic E-state index is -0.554. The van der Waals surface area contributed by atoms with Crippen LogP contribution in [0.3, 0.4) is 0 Å². The maximum absolute atomic E-state index is 12.2. The van der Waals surface area contributed by atoms with Gasteiger partial charge < -0.3 is 25.8 Å². The van der Waals surface area contributed by atoms with Crippen molar-refractivity contribution < 1.29 is 19.4 Å². The van der Waals surface area contributed by atoms with Crippen LogP contribution in [0.2, 0.25) is 5.02 Å². The van der Waals surface area contributed by atoms with E-state index >= 15 is 0 Å². The highest BCUT2D eigenvalue weighted by molar-refractivity contribution is 6.31. The third-order valence-corrected chi connectivity index (χ3v) is 3.82. The molecule has 0 radical (unpaired) electrons. The number of aliphatic hydroxyl groups is 1. The van der Waals surface area contributed by atoms with Crippen LogP contribution in [0.1, 0.15) is 12.0 Å². The van der Waals surface area contributed by atoms with E-state index in [0.29, 0.717) is 35.0 Å². The highest BCUT2D eigenvalue weighted by Gasteiger charge is 2.10. The van der Waals surface area contributed by atoms with Gasteiger partial charge in [0.25, 0.3) is 0 Å². The summed E-state index contributed by atoms with van der Waals surface area (Å²) in [4.78, 5) is 27.6. The summed E-state index contributed by atoms with van der Waals surface area (Å²) in [5, 5.41) is 28.1. The summed E-state index contributed by atoms with van der Waals surface area (Å²) in [5.74, 6) is 0.689. The predicted molar refractivity (Wildman–Crippen MR) is 112 cm³/mol. The van der Waals surface area contributed by atoms with Crippen molar-refractivity contribution in [1.82, 2.24) is 15.6 Å². The van der Waals surface area contributed by atoms with Crippen molar-refractivity contribution >= 4 is 35.2 Å². The Labute approximate surface area is 178 Å². The van der Waals surface area contributed by atoms with Crippen LogP contribution in [-0.2, 0) is 0 Å². The van der Waals surface area contributed by atoms with E-state index in [1.807, 2.05) is 6.07 Å². The van der Waals surface area contributed by atoms with Gasteiger partial charge in [0.05, 0.1) is 24.5 Å². The number of rotatable bonds is 9. The fourth-order valence-electron chi connectivity index (χ4n) is 2.22. The number of amides is 4. The highest BCUT2D eigenvalue weighted by Crippen LogP contribution is 2.28. The van der Waals surface area contributed by atoms with Crippen LogP contribution in [0.4, 0.5) is 21.1 Å². The molecule has 0 atom stereocenters. The molecule has 0 spiro atoms. The second-order valence-electron chi connectivity index (χ2n) is 5.87. The molecule has 11 heteroatoms. The first-order valence-electron chi connectivity index (χ1n) is 9.01. The van der Waals surface area contributed by atoms with E-state index in [2.05, 4.69) is 26.3 Å². The summed E-state index contributed by atoms with van der Waals surface area (Å²) in [6.07, 6.45) is 1.87. The molecule has 0 saturated carbocycles. The standard InChI is InChI=1S/C19H21ClN6O4/c20-14-3-4-16(30-9-1-6-22-18(28)23-7-8-27)15(10-14)25-19(29)26-17-5-2-13(11-21)12-24-17/h2-5,10,12,27H,1,6-9H2,(H2,22,23,28)(H2,24,25,26,29). The number of pyridine rings is 1. The number of nitrogens with one attached hydrogen (secondary N) is 4. The number of hydrogen-bond donors (Lipinski definition) is 5. The van der Waals surface area contributed by atoms with Crippen molar-refractivity contribution in [3.63, 3.8) is 0 Å². The third-order valence-electron chi connectivity index (χ3n) is 3.59. The first kappa shape index (κ1) is 22.7. The first-order valence-corrected chi connectivity index (χ1v) is 9.38. The summed E-state index contributed by atoms with van der Waals surface area (Å²) >= 11 is 6.01. The molecule has 0 bridgehead atoms. The number of aromatic nitrogens is 1. The van der Waals surface area contributed by atoms with Gasteiger partial charge in [0.15, 0.2) is 0 Å². The molecule has 0 saturated heterocycles. The molecule has 30 heavy (non-hydrogen) atoms. The van der Waals surface area contributed by atoms with Crippen LogP contribution in [0.15, 0.2) is 36.5 Å². The van der Waals surface area contributed by atoms with Crippen molar-refractivity contribution in [2.45, 2.75) is 6.42 Å². The molecule has 0 fully saturated rings. The highest BCUT2D eigenvalue weighted by atomic mass is 35.5.